The smallest absolute Gasteiger partial charge is 0.232 e. The van der Waals surface area contributed by atoms with E-state index in [-0.39, 0.29) is 18.3 Å². The van der Waals surface area contributed by atoms with Crippen molar-refractivity contribution in [2.24, 2.45) is 0 Å². The fourth-order valence-electron chi connectivity index (χ4n) is 2.43. The number of anilines is 2. The first kappa shape index (κ1) is 16.2. The van der Waals surface area contributed by atoms with Crippen molar-refractivity contribution in [1.29, 1.82) is 0 Å². The van der Waals surface area contributed by atoms with Crippen molar-refractivity contribution < 1.29 is 4.79 Å². The maximum Gasteiger partial charge on any atom is 0.232 e. The lowest BCUT2D eigenvalue weighted by Crippen LogP contribution is -2.24. The van der Waals surface area contributed by atoms with E-state index in [0.29, 0.717) is 12.4 Å². The first-order valence-corrected chi connectivity index (χ1v) is 7.02. The number of hydrogen-bond donors (Lipinski definition) is 0. The molecule has 0 bridgehead atoms. The van der Waals surface area contributed by atoms with Crippen molar-refractivity contribution in [1.82, 2.24) is 9.97 Å². The van der Waals surface area contributed by atoms with Crippen LogP contribution < -0.4 is 9.80 Å². The van der Waals surface area contributed by atoms with E-state index in [1.54, 1.807) is 18.1 Å². The molecule has 0 spiro atoms. The second kappa shape index (κ2) is 6.75. The fourth-order valence-corrected chi connectivity index (χ4v) is 2.43. The van der Waals surface area contributed by atoms with Gasteiger partial charge >= 0.3 is 0 Å². The summed E-state index contributed by atoms with van der Waals surface area (Å²) in [7, 11) is 3.73. The van der Waals surface area contributed by atoms with Crippen LogP contribution in [0.4, 0.5) is 11.8 Å². The first-order valence-electron chi connectivity index (χ1n) is 7.02. The summed E-state index contributed by atoms with van der Waals surface area (Å²) in [5.41, 5.74) is 2.19. The molecule has 3 rings (SSSR count). The molecule has 1 aliphatic rings. The molecule has 0 atom stereocenters. The number of fused-ring (bicyclic) bond motifs is 1. The van der Waals surface area contributed by atoms with Crippen LogP contribution in [0.3, 0.4) is 0 Å². The highest BCUT2D eigenvalue weighted by molar-refractivity contribution is 5.99. The molecule has 1 aromatic heterocycles. The second-order valence-corrected chi connectivity index (χ2v) is 5.31. The van der Waals surface area contributed by atoms with Gasteiger partial charge in [0.2, 0.25) is 11.9 Å². The van der Waals surface area contributed by atoms with Gasteiger partial charge in [-0.05, 0) is 12.0 Å². The molecular weight excluding hydrogens is 300 g/mol. The van der Waals surface area contributed by atoms with Crippen LogP contribution in [-0.2, 0) is 17.6 Å². The standard InChI is InChI=1S/C16H18N4O.ClH/c1-19(9-8-12-6-4-3-5-7-12)16-17-11-13-10-14(21)20(2)15(13)18-16;/h3-7,11H,8-10H2,1-2H3;1H. The van der Waals surface area contributed by atoms with Crippen molar-refractivity contribution in [2.75, 3.05) is 30.4 Å². The highest BCUT2D eigenvalue weighted by Crippen LogP contribution is 2.26. The number of amides is 1. The van der Waals surface area contributed by atoms with Gasteiger partial charge in [0.05, 0.1) is 6.42 Å². The van der Waals surface area contributed by atoms with Crippen LogP contribution in [0.2, 0.25) is 0 Å². The SMILES string of the molecule is CN(CCc1ccccc1)c1ncc2c(n1)N(C)C(=O)C2.Cl. The van der Waals surface area contributed by atoms with Crippen LogP contribution in [-0.4, -0.2) is 36.5 Å². The zero-order chi connectivity index (χ0) is 14.8. The number of rotatable bonds is 4. The molecule has 0 aliphatic carbocycles. The van der Waals surface area contributed by atoms with Crippen LogP contribution in [0.15, 0.2) is 36.5 Å². The molecule has 0 saturated heterocycles. The summed E-state index contributed by atoms with van der Waals surface area (Å²) in [6.45, 7) is 0.834. The van der Waals surface area contributed by atoms with Crippen LogP contribution in [0.5, 0.6) is 0 Å². The molecule has 116 valence electrons. The Bertz CT molecular complexity index is 662. The van der Waals surface area contributed by atoms with Gasteiger partial charge < -0.3 is 4.90 Å². The van der Waals surface area contributed by atoms with Gasteiger partial charge in [-0.2, -0.15) is 4.98 Å². The normalized spacial score (nSPS) is 12.8. The van der Waals surface area contributed by atoms with Crippen LogP contribution in [0.1, 0.15) is 11.1 Å². The molecule has 0 radical (unpaired) electrons. The Morgan fingerprint density at radius 2 is 2.00 bits per heavy atom. The Morgan fingerprint density at radius 1 is 1.27 bits per heavy atom. The summed E-state index contributed by atoms with van der Waals surface area (Å²) >= 11 is 0. The van der Waals surface area contributed by atoms with Gasteiger partial charge in [0.15, 0.2) is 0 Å². The molecular formula is C16H19ClN4O. The molecule has 1 aliphatic heterocycles. The lowest BCUT2D eigenvalue weighted by molar-refractivity contribution is -0.117. The lowest BCUT2D eigenvalue weighted by atomic mass is 10.1. The molecule has 6 heteroatoms. The Hall–Kier alpha value is -2.14. The predicted octanol–water partition coefficient (Wildman–Crippen LogP) is 2.10. The quantitative estimate of drug-likeness (QED) is 0.866. The molecule has 0 saturated carbocycles. The summed E-state index contributed by atoms with van der Waals surface area (Å²) < 4.78 is 0. The van der Waals surface area contributed by atoms with E-state index in [1.807, 2.05) is 30.1 Å². The lowest BCUT2D eigenvalue weighted by Gasteiger charge is -2.18. The van der Waals surface area contributed by atoms with Gasteiger partial charge in [0.25, 0.3) is 0 Å². The van der Waals surface area contributed by atoms with Crippen molar-refractivity contribution in [3.63, 3.8) is 0 Å². The van der Waals surface area contributed by atoms with E-state index >= 15 is 0 Å². The van der Waals surface area contributed by atoms with Crippen molar-refractivity contribution in [2.45, 2.75) is 12.8 Å². The minimum absolute atomic E-state index is 0. The molecule has 0 unspecified atom stereocenters. The summed E-state index contributed by atoms with van der Waals surface area (Å²) in [6.07, 6.45) is 3.10. The molecule has 0 fully saturated rings. The number of halogens is 1. The number of carbonyl (C=O) groups excluding carboxylic acids is 1. The third kappa shape index (κ3) is 3.20. The zero-order valence-corrected chi connectivity index (χ0v) is 13.5. The van der Waals surface area contributed by atoms with Gasteiger partial charge in [-0.3, -0.25) is 9.69 Å². The number of benzene rings is 1. The number of carbonyl (C=O) groups is 1. The Kier molecular flexibility index (Phi) is 4.98. The minimum atomic E-state index is 0. The average molecular weight is 319 g/mol. The molecule has 2 heterocycles. The number of aromatic nitrogens is 2. The van der Waals surface area contributed by atoms with Gasteiger partial charge in [-0.15, -0.1) is 12.4 Å². The molecule has 0 N–H and O–H groups in total. The number of hydrogen-bond acceptors (Lipinski definition) is 4. The molecule has 22 heavy (non-hydrogen) atoms. The monoisotopic (exact) mass is 318 g/mol. The van der Waals surface area contributed by atoms with E-state index in [4.69, 9.17) is 0 Å². The van der Waals surface area contributed by atoms with Crippen LogP contribution in [0.25, 0.3) is 0 Å². The summed E-state index contributed by atoms with van der Waals surface area (Å²) in [5.74, 6) is 1.46. The zero-order valence-electron chi connectivity index (χ0n) is 12.7. The van der Waals surface area contributed by atoms with Crippen molar-refractivity contribution >= 4 is 30.1 Å². The van der Waals surface area contributed by atoms with E-state index in [1.165, 1.54) is 5.56 Å². The van der Waals surface area contributed by atoms with Gasteiger partial charge in [0, 0.05) is 32.4 Å². The third-order valence-corrected chi connectivity index (χ3v) is 3.78. The molecule has 2 aromatic rings. The largest absolute Gasteiger partial charge is 0.343 e. The van der Waals surface area contributed by atoms with Gasteiger partial charge in [-0.25, -0.2) is 4.98 Å². The topological polar surface area (TPSA) is 49.3 Å². The second-order valence-electron chi connectivity index (χ2n) is 5.31. The number of likely N-dealkylation sites (N-methyl/N-ethyl adjacent to an activating group) is 2. The third-order valence-electron chi connectivity index (χ3n) is 3.78. The van der Waals surface area contributed by atoms with E-state index < -0.39 is 0 Å². The van der Waals surface area contributed by atoms with Gasteiger partial charge in [-0.1, -0.05) is 30.3 Å². The highest BCUT2D eigenvalue weighted by atomic mass is 35.5. The maximum absolute atomic E-state index is 11.7. The van der Waals surface area contributed by atoms with Crippen LogP contribution >= 0.6 is 12.4 Å². The average Bonchev–Trinajstić information content (AvgIpc) is 2.80. The Balaban J connectivity index is 0.00000176. The highest BCUT2D eigenvalue weighted by Gasteiger charge is 2.26. The van der Waals surface area contributed by atoms with E-state index in [9.17, 15) is 4.79 Å². The molecule has 1 aromatic carbocycles. The Morgan fingerprint density at radius 3 is 2.73 bits per heavy atom. The first-order chi connectivity index (χ1) is 10.1. The van der Waals surface area contributed by atoms with Crippen molar-refractivity contribution in [3.05, 3.63) is 47.7 Å². The fraction of sp³-hybridized carbons (Fsp3) is 0.312. The van der Waals surface area contributed by atoms with Crippen molar-refractivity contribution in [3.8, 4) is 0 Å². The minimum Gasteiger partial charge on any atom is -0.343 e. The van der Waals surface area contributed by atoms with Gasteiger partial charge in [0.1, 0.15) is 5.82 Å². The van der Waals surface area contributed by atoms with E-state index in [2.05, 4.69) is 22.1 Å². The summed E-state index contributed by atoms with van der Waals surface area (Å²) in [6, 6.07) is 10.3. The van der Waals surface area contributed by atoms with E-state index in [0.717, 1.165) is 24.3 Å². The molecule has 5 nitrogen and oxygen atoms in total. The van der Waals surface area contributed by atoms with Crippen LogP contribution in [0, 0.1) is 0 Å². The molecule has 1 amide bonds. The number of nitrogens with zero attached hydrogens (tertiary/aromatic N) is 4. The summed E-state index contributed by atoms with van der Waals surface area (Å²) in [4.78, 5) is 24.2. The maximum atomic E-state index is 11.7. The predicted molar refractivity (Wildman–Crippen MR) is 89.8 cm³/mol. The Labute approximate surface area is 136 Å². The summed E-state index contributed by atoms with van der Waals surface area (Å²) in [5, 5.41) is 0.